The number of amides is 2. The summed E-state index contributed by atoms with van der Waals surface area (Å²) in [6.07, 6.45) is 0.250. The number of nitrogens with two attached hydrogens (primary N) is 1. The zero-order chi connectivity index (χ0) is 15.0. The van der Waals surface area contributed by atoms with Crippen molar-refractivity contribution in [2.45, 2.75) is 13.3 Å². The second-order valence-electron chi connectivity index (χ2n) is 4.23. The Kier molecular flexibility index (Phi) is 9.16. The Balaban J connectivity index is 0.00000400. The molecule has 0 aliphatic heterocycles. The zero-order valence-corrected chi connectivity index (χ0v) is 13.1. The summed E-state index contributed by atoms with van der Waals surface area (Å²) in [6.45, 7) is 2.61. The number of anilines is 1. The number of likely N-dealkylation sites (N-methyl/N-ethyl adjacent to an activating group) is 1. The molecule has 0 saturated heterocycles. The predicted octanol–water partition coefficient (Wildman–Crippen LogP) is 1.25. The number of nitrogens with one attached hydrogen (secondary N) is 1. The van der Waals surface area contributed by atoms with Crippen molar-refractivity contribution in [1.29, 1.82) is 0 Å². The molecule has 0 bridgehead atoms. The highest BCUT2D eigenvalue weighted by Gasteiger charge is 2.14. The third kappa shape index (κ3) is 6.46. The van der Waals surface area contributed by atoms with Crippen LogP contribution in [0.2, 0.25) is 0 Å². The van der Waals surface area contributed by atoms with Crippen molar-refractivity contribution >= 4 is 29.9 Å². The van der Waals surface area contributed by atoms with Crippen LogP contribution in [0, 0.1) is 0 Å². The number of rotatable bonds is 7. The van der Waals surface area contributed by atoms with Crippen LogP contribution in [0.15, 0.2) is 24.3 Å². The lowest BCUT2D eigenvalue weighted by molar-refractivity contribution is -0.134. The largest absolute Gasteiger partial charge is 0.497 e. The van der Waals surface area contributed by atoms with Gasteiger partial charge in [-0.05, 0) is 19.1 Å². The highest BCUT2D eigenvalue weighted by atomic mass is 35.5. The molecule has 3 N–H and O–H groups in total. The van der Waals surface area contributed by atoms with Crippen LogP contribution in [0.4, 0.5) is 5.69 Å². The van der Waals surface area contributed by atoms with Crippen LogP contribution in [0.25, 0.3) is 0 Å². The molecule has 0 unspecified atom stereocenters. The van der Waals surface area contributed by atoms with Crippen LogP contribution in [0.3, 0.4) is 0 Å². The van der Waals surface area contributed by atoms with E-state index < -0.39 is 0 Å². The lowest BCUT2D eigenvalue weighted by atomic mass is 10.3. The van der Waals surface area contributed by atoms with Gasteiger partial charge in [-0.15, -0.1) is 12.4 Å². The van der Waals surface area contributed by atoms with E-state index in [0.29, 0.717) is 18.0 Å². The fourth-order valence-corrected chi connectivity index (χ4v) is 1.73. The van der Waals surface area contributed by atoms with E-state index in [1.54, 1.807) is 31.4 Å². The van der Waals surface area contributed by atoms with Crippen LogP contribution in [0.1, 0.15) is 13.3 Å². The van der Waals surface area contributed by atoms with Crippen LogP contribution < -0.4 is 15.8 Å². The van der Waals surface area contributed by atoms with Gasteiger partial charge in [0.05, 0.1) is 13.7 Å². The van der Waals surface area contributed by atoms with Crippen molar-refractivity contribution in [3.63, 3.8) is 0 Å². The van der Waals surface area contributed by atoms with Gasteiger partial charge in [0.15, 0.2) is 0 Å². The molecule has 0 aromatic heterocycles. The average molecular weight is 316 g/mol. The quantitative estimate of drug-likeness (QED) is 0.793. The van der Waals surface area contributed by atoms with Crippen LogP contribution in [-0.4, -0.2) is 43.5 Å². The first kappa shape index (κ1) is 19.2. The van der Waals surface area contributed by atoms with Gasteiger partial charge in [-0.1, -0.05) is 6.07 Å². The molecule has 7 heteroatoms. The maximum absolute atomic E-state index is 11.9. The molecule has 0 spiro atoms. The first-order chi connectivity index (χ1) is 9.60. The molecule has 1 aromatic rings. The molecule has 0 aliphatic carbocycles. The monoisotopic (exact) mass is 315 g/mol. The summed E-state index contributed by atoms with van der Waals surface area (Å²) in [7, 11) is 1.56. The summed E-state index contributed by atoms with van der Waals surface area (Å²) in [5.41, 5.74) is 5.98. The van der Waals surface area contributed by atoms with Crippen LogP contribution in [0.5, 0.6) is 5.75 Å². The van der Waals surface area contributed by atoms with Crippen molar-refractivity contribution < 1.29 is 14.3 Å². The number of methoxy groups -OCH3 is 1. The second-order valence-corrected chi connectivity index (χ2v) is 4.23. The minimum Gasteiger partial charge on any atom is -0.497 e. The Hall–Kier alpha value is -1.79. The number of carbonyl (C=O) groups excluding carboxylic acids is 2. The van der Waals surface area contributed by atoms with Crippen molar-refractivity contribution in [2.75, 3.05) is 32.1 Å². The van der Waals surface area contributed by atoms with Crippen molar-refractivity contribution in [2.24, 2.45) is 5.73 Å². The topological polar surface area (TPSA) is 84.7 Å². The molecule has 2 amide bonds. The van der Waals surface area contributed by atoms with E-state index in [4.69, 9.17) is 10.5 Å². The first-order valence-corrected chi connectivity index (χ1v) is 6.52. The lowest BCUT2D eigenvalue weighted by Crippen LogP contribution is -2.38. The van der Waals surface area contributed by atoms with Gasteiger partial charge in [0.2, 0.25) is 11.8 Å². The summed E-state index contributed by atoms with van der Waals surface area (Å²) < 4.78 is 5.08. The van der Waals surface area contributed by atoms with Gasteiger partial charge in [-0.2, -0.15) is 0 Å². The van der Waals surface area contributed by atoms with Gasteiger partial charge >= 0.3 is 0 Å². The number of benzene rings is 1. The molecule has 1 aromatic carbocycles. The molecule has 0 heterocycles. The summed E-state index contributed by atoms with van der Waals surface area (Å²) in [4.78, 5) is 25.1. The van der Waals surface area contributed by atoms with Crippen LogP contribution in [-0.2, 0) is 9.59 Å². The molecule has 0 aliphatic rings. The van der Waals surface area contributed by atoms with E-state index in [0.717, 1.165) is 0 Å². The summed E-state index contributed by atoms with van der Waals surface area (Å²) in [6, 6.07) is 7.05. The normalized spacial score (nSPS) is 9.48. The average Bonchev–Trinajstić information content (AvgIpc) is 2.45. The van der Waals surface area contributed by atoms with E-state index in [1.165, 1.54) is 4.90 Å². The van der Waals surface area contributed by atoms with Gasteiger partial charge in [-0.3, -0.25) is 9.59 Å². The predicted molar refractivity (Wildman–Crippen MR) is 84.8 cm³/mol. The van der Waals surface area contributed by atoms with Gasteiger partial charge in [0.25, 0.3) is 0 Å². The lowest BCUT2D eigenvalue weighted by Gasteiger charge is -2.20. The molecule has 1 rings (SSSR count). The van der Waals surface area contributed by atoms with Crippen molar-refractivity contribution in [3.8, 4) is 5.75 Å². The van der Waals surface area contributed by atoms with Crippen LogP contribution >= 0.6 is 12.4 Å². The van der Waals surface area contributed by atoms with E-state index in [2.05, 4.69) is 5.32 Å². The third-order valence-corrected chi connectivity index (χ3v) is 2.78. The van der Waals surface area contributed by atoms with E-state index >= 15 is 0 Å². The molecule has 21 heavy (non-hydrogen) atoms. The first-order valence-electron chi connectivity index (χ1n) is 6.52. The number of halogens is 1. The van der Waals surface area contributed by atoms with Crippen molar-refractivity contribution in [3.05, 3.63) is 24.3 Å². The molecule has 0 atom stereocenters. The Bertz CT molecular complexity index is 469. The van der Waals surface area contributed by atoms with Gasteiger partial charge in [-0.25, -0.2) is 0 Å². The number of carbonyl (C=O) groups is 2. The fourth-order valence-electron chi connectivity index (χ4n) is 1.73. The Morgan fingerprint density at radius 2 is 2.10 bits per heavy atom. The molecule has 6 nitrogen and oxygen atoms in total. The third-order valence-electron chi connectivity index (χ3n) is 2.78. The number of nitrogens with zero attached hydrogens (tertiary/aromatic N) is 1. The minimum absolute atomic E-state index is 0. The van der Waals surface area contributed by atoms with Crippen molar-refractivity contribution in [1.82, 2.24) is 4.90 Å². The summed E-state index contributed by atoms with van der Waals surface area (Å²) in [5.74, 6) is 0.302. The molecular formula is C14H22ClN3O3. The van der Waals surface area contributed by atoms with E-state index in [9.17, 15) is 9.59 Å². The zero-order valence-electron chi connectivity index (χ0n) is 12.3. The summed E-state index contributed by atoms with van der Waals surface area (Å²) in [5, 5.41) is 2.73. The summed E-state index contributed by atoms with van der Waals surface area (Å²) >= 11 is 0. The fraction of sp³-hybridized carbons (Fsp3) is 0.429. The maximum Gasteiger partial charge on any atom is 0.243 e. The van der Waals surface area contributed by atoms with Gasteiger partial charge in [0, 0.05) is 31.3 Å². The van der Waals surface area contributed by atoms with Gasteiger partial charge in [0.1, 0.15) is 5.75 Å². The molecule has 0 saturated carbocycles. The van der Waals surface area contributed by atoms with Gasteiger partial charge < -0.3 is 20.7 Å². The Morgan fingerprint density at radius 1 is 1.38 bits per heavy atom. The Morgan fingerprint density at radius 3 is 2.67 bits per heavy atom. The molecule has 0 fully saturated rings. The highest BCUT2D eigenvalue weighted by molar-refractivity contribution is 5.94. The van der Waals surface area contributed by atoms with E-state index in [-0.39, 0.29) is 43.7 Å². The Labute approximate surface area is 131 Å². The van der Waals surface area contributed by atoms with E-state index in [1.807, 2.05) is 6.92 Å². The SMILES string of the molecule is CCN(CC(=O)Nc1cccc(OC)c1)C(=O)CCN.Cl. The maximum atomic E-state index is 11.9. The number of hydrogen-bond donors (Lipinski definition) is 2. The second kappa shape index (κ2) is 10.0. The highest BCUT2D eigenvalue weighted by Crippen LogP contribution is 2.16. The molecular weight excluding hydrogens is 294 g/mol. The molecule has 118 valence electrons. The standard InChI is InChI=1S/C14H21N3O3.ClH/c1-3-17(14(19)7-8-15)10-13(18)16-11-5-4-6-12(9-11)20-2;/h4-6,9H,3,7-8,10,15H2,1-2H3,(H,16,18);1H. The number of ether oxygens (including phenoxy) is 1. The smallest absolute Gasteiger partial charge is 0.243 e. The molecule has 0 radical (unpaired) electrons. The number of hydrogen-bond acceptors (Lipinski definition) is 4. The minimum atomic E-state index is -0.245.